The SMILES string of the molecule is C[C@H](NC(=O)Cc1cccc(F)c1)C12CC3CC(CC(C3)C1)C2. The molecule has 1 aromatic rings. The van der Waals surface area contributed by atoms with Crippen LogP contribution in [0.5, 0.6) is 0 Å². The highest BCUT2D eigenvalue weighted by Gasteiger charge is 2.53. The fourth-order valence-corrected chi connectivity index (χ4v) is 5.99. The Hall–Kier alpha value is -1.38. The zero-order valence-electron chi connectivity index (χ0n) is 13.9. The molecule has 0 aliphatic heterocycles. The highest BCUT2D eigenvalue weighted by Crippen LogP contribution is 2.61. The van der Waals surface area contributed by atoms with Crippen molar-refractivity contribution in [2.24, 2.45) is 23.2 Å². The summed E-state index contributed by atoms with van der Waals surface area (Å²) < 4.78 is 13.3. The molecule has 1 atom stereocenters. The molecule has 3 heteroatoms. The van der Waals surface area contributed by atoms with Crippen LogP contribution in [0.4, 0.5) is 4.39 Å². The van der Waals surface area contributed by atoms with Gasteiger partial charge in [-0.05, 0) is 86.3 Å². The number of benzene rings is 1. The lowest BCUT2D eigenvalue weighted by Gasteiger charge is -2.59. The van der Waals surface area contributed by atoms with E-state index in [-0.39, 0.29) is 24.2 Å². The second kappa shape index (κ2) is 5.61. The van der Waals surface area contributed by atoms with Crippen LogP contribution in [0.15, 0.2) is 24.3 Å². The van der Waals surface area contributed by atoms with Gasteiger partial charge in [0.1, 0.15) is 5.82 Å². The fraction of sp³-hybridized carbons (Fsp3) is 0.650. The Labute approximate surface area is 137 Å². The van der Waals surface area contributed by atoms with Crippen molar-refractivity contribution in [3.05, 3.63) is 35.6 Å². The molecule has 0 heterocycles. The maximum atomic E-state index is 13.3. The quantitative estimate of drug-likeness (QED) is 0.891. The Morgan fingerprint density at radius 3 is 2.39 bits per heavy atom. The van der Waals surface area contributed by atoms with Gasteiger partial charge in [0.2, 0.25) is 5.91 Å². The van der Waals surface area contributed by atoms with Crippen molar-refractivity contribution in [2.45, 2.75) is 57.9 Å². The summed E-state index contributed by atoms with van der Waals surface area (Å²) in [6, 6.07) is 6.59. The number of carbonyl (C=O) groups excluding carboxylic acids is 1. The van der Waals surface area contributed by atoms with E-state index in [0.717, 1.165) is 23.3 Å². The van der Waals surface area contributed by atoms with Crippen molar-refractivity contribution in [2.75, 3.05) is 0 Å². The third-order valence-electron chi connectivity index (χ3n) is 6.64. The van der Waals surface area contributed by atoms with Crippen molar-refractivity contribution in [3.8, 4) is 0 Å². The standard InChI is InChI=1S/C20H26FNO/c1-13(22-19(23)9-14-3-2-4-18(21)8-14)20-10-15-5-16(11-20)7-17(6-15)12-20/h2-4,8,13,15-17H,5-7,9-12H2,1H3,(H,22,23)/t13-,15?,16?,17?,20?/m0/s1. The lowest BCUT2D eigenvalue weighted by molar-refractivity contribution is -0.125. The van der Waals surface area contributed by atoms with Crippen LogP contribution >= 0.6 is 0 Å². The molecule has 2 nitrogen and oxygen atoms in total. The molecule has 1 aromatic carbocycles. The van der Waals surface area contributed by atoms with E-state index in [9.17, 15) is 9.18 Å². The van der Waals surface area contributed by atoms with Gasteiger partial charge in [0.25, 0.3) is 0 Å². The smallest absolute Gasteiger partial charge is 0.224 e. The van der Waals surface area contributed by atoms with Crippen LogP contribution in [-0.2, 0) is 11.2 Å². The topological polar surface area (TPSA) is 29.1 Å². The van der Waals surface area contributed by atoms with E-state index in [4.69, 9.17) is 0 Å². The van der Waals surface area contributed by atoms with Crippen LogP contribution in [0.1, 0.15) is 51.0 Å². The number of hydrogen-bond acceptors (Lipinski definition) is 1. The molecule has 0 saturated heterocycles. The van der Waals surface area contributed by atoms with Crippen LogP contribution in [0.2, 0.25) is 0 Å². The normalized spacial score (nSPS) is 36.0. The zero-order valence-corrected chi connectivity index (χ0v) is 13.9. The zero-order chi connectivity index (χ0) is 16.0. The van der Waals surface area contributed by atoms with E-state index >= 15 is 0 Å². The Morgan fingerprint density at radius 2 is 1.83 bits per heavy atom. The molecular formula is C20H26FNO. The molecule has 4 bridgehead atoms. The van der Waals surface area contributed by atoms with Gasteiger partial charge in [-0.3, -0.25) is 4.79 Å². The highest BCUT2D eigenvalue weighted by atomic mass is 19.1. The molecule has 4 aliphatic carbocycles. The average molecular weight is 315 g/mol. The predicted molar refractivity (Wildman–Crippen MR) is 88.3 cm³/mol. The van der Waals surface area contributed by atoms with Crippen LogP contribution in [0.25, 0.3) is 0 Å². The number of rotatable bonds is 4. The lowest BCUT2D eigenvalue weighted by atomic mass is 9.48. The molecule has 0 aromatic heterocycles. The first-order valence-corrected chi connectivity index (χ1v) is 9.06. The molecule has 4 fully saturated rings. The lowest BCUT2D eigenvalue weighted by Crippen LogP contribution is -2.56. The molecule has 0 radical (unpaired) electrons. The summed E-state index contributed by atoms with van der Waals surface area (Å²) >= 11 is 0. The second-order valence-corrected chi connectivity index (χ2v) is 8.38. The molecule has 0 spiro atoms. The van der Waals surface area contributed by atoms with E-state index in [1.54, 1.807) is 6.07 Å². The minimum absolute atomic E-state index is 0.0267. The molecule has 0 unspecified atom stereocenters. The first kappa shape index (κ1) is 15.2. The van der Waals surface area contributed by atoms with Crippen LogP contribution in [-0.4, -0.2) is 11.9 Å². The van der Waals surface area contributed by atoms with Gasteiger partial charge in [0.15, 0.2) is 0 Å². The number of amides is 1. The number of carbonyl (C=O) groups is 1. The maximum absolute atomic E-state index is 13.3. The van der Waals surface area contributed by atoms with Crippen molar-refractivity contribution >= 4 is 5.91 Å². The Balaban J connectivity index is 1.41. The van der Waals surface area contributed by atoms with E-state index in [1.807, 2.05) is 6.07 Å². The molecule has 1 amide bonds. The Kier molecular flexibility index (Phi) is 3.70. The van der Waals surface area contributed by atoms with E-state index in [0.29, 0.717) is 5.41 Å². The van der Waals surface area contributed by atoms with Gasteiger partial charge in [-0.25, -0.2) is 4.39 Å². The molecule has 4 saturated carbocycles. The van der Waals surface area contributed by atoms with Crippen molar-refractivity contribution in [3.63, 3.8) is 0 Å². The van der Waals surface area contributed by atoms with Gasteiger partial charge in [-0.2, -0.15) is 0 Å². The molecule has 5 rings (SSSR count). The third-order valence-corrected chi connectivity index (χ3v) is 6.64. The van der Waals surface area contributed by atoms with Gasteiger partial charge in [0, 0.05) is 6.04 Å². The average Bonchev–Trinajstić information content (AvgIpc) is 2.45. The van der Waals surface area contributed by atoms with Gasteiger partial charge < -0.3 is 5.32 Å². The van der Waals surface area contributed by atoms with Gasteiger partial charge in [-0.1, -0.05) is 12.1 Å². The van der Waals surface area contributed by atoms with Crippen molar-refractivity contribution in [1.82, 2.24) is 5.32 Å². The summed E-state index contributed by atoms with van der Waals surface area (Å²) in [7, 11) is 0. The van der Waals surface area contributed by atoms with Crippen LogP contribution < -0.4 is 5.32 Å². The van der Waals surface area contributed by atoms with Crippen LogP contribution in [0, 0.1) is 29.0 Å². The first-order chi connectivity index (χ1) is 11.0. The molecule has 1 N–H and O–H groups in total. The second-order valence-electron chi connectivity index (χ2n) is 8.38. The predicted octanol–water partition coefficient (Wildman–Crippen LogP) is 4.09. The summed E-state index contributed by atoms with van der Waals surface area (Å²) in [5.74, 6) is 2.43. The van der Waals surface area contributed by atoms with E-state index < -0.39 is 0 Å². The molecule has 4 aliphatic rings. The van der Waals surface area contributed by atoms with Crippen molar-refractivity contribution in [1.29, 1.82) is 0 Å². The summed E-state index contributed by atoms with van der Waals surface area (Å²) in [5, 5.41) is 3.24. The van der Waals surface area contributed by atoms with E-state index in [2.05, 4.69) is 12.2 Å². The molecule has 124 valence electrons. The minimum Gasteiger partial charge on any atom is -0.353 e. The van der Waals surface area contributed by atoms with E-state index in [1.165, 1.54) is 50.7 Å². The minimum atomic E-state index is -0.274. The fourth-order valence-electron chi connectivity index (χ4n) is 5.99. The number of nitrogens with one attached hydrogen (secondary N) is 1. The maximum Gasteiger partial charge on any atom is 0.224 e. The Bertz CT molecular complexity index is 576. The first-order valence-electron chi connectivity index (χ1n) is 9.06. The largest absolute Gasteiger partial charge is 0.353 e. The van der Waals surface area contributed by atoms with Crippen LogP contribution in [0.3, 0.4) is 0 Å². The highest BCUT2D eigenvalue weighted by molar-refractivity contribution is 5.78. The van der Waals surface area contributed by atoms with Gasteiger partial charge >= 0.3 is 0 Å². The monoisotopic (exact) mass is 315 g/mol. The van der Waals surface area contributed by atoms with Gasteiger partial charge in [-0.15, -0.1) is 0 Å². The summed E-state index contributed by atoms with van der Waals surface area (Å²) in [4.78, 5) is 12.4. The summed E-state index contributed by atoms with van der Waals surface area (Å²) in [6.45, 7) is 2.19. The third kappa shape index (κ3) is 2.90. The molecular weight excluding hydrogens is 289 g/mol. The summed E-state index contributed by atoms with van der Waals surface area (Å²) in [6.07, 6.45) is 8.41. The molecule has 23 heavy (non-hydrogen) atoms. The van der Waals surface area contributed by atoms with Gasteiger partial charge in [0.05, 0.1) is 6.42 Å². The number of hydrogen-bond donors (Lipinski definition) is 1. The Morgan fingerprint density at radius 1 is 1.22 bits per heavy atom. The van der Waals surface area contributed by atoms with Crippen molar-refractivity contribution < 1.29 is 9.18 Å². The summed E-state index contributed by atoms with van der Waals surface area (Å²) in [5.41, 5.74) is 1.08. The number of halogens is 1.